The number of thiazole rings is 1. The number of rotatable bonds is 8. The summed E-state index contributed by atoms with van der Waals surface area (Å²) in [5.74, 6) is 0.209. The van der Waals surface area contributed by atoms with E-state index in [-0.39, 0.29) is 35.0 Å². The van der Waals surface area contributed by atoms with Crippen LogP contribution in [-0.4, -0.2) is 37.6 Å². The monoisotopic (exact) mass is 533 g/mol. The number of aryl methyl sites for hydroxylation is 2. The van der Waals surface area contributed by atoms with Crippen molar-refractivity contribution in [3.05, 3.63) is 65.0 Å². The number of benzene rings is 2. The Morgan fingerprint density at radius 2 is 1.63 bits per heavy atom. The maximum atomic E-state index is 12.8. The zero-order valence-corrected chi connectivity index (χ0v) is 21.8. The van der Waals surface area contributed by atoms with E-state index in [1.54, 1.807) is 12.1 Å². The van der Waals surface area contributed by atoms with E-state index in [1.165, 1.54) is 54.9 Å². The second-order valence-electron chi connectivity index (χ2n) is 7.37. The van der Waals surface area contributed by atoms with Crippen LogP contribution in [0.25, 0.3) is 11.3 Å². The zero-order valence-electron chi connectivity index (χ0n) is 19.4. The normalized spacial score (nSPS) is 10.9. The highest BCUT2D eigenvalue weighted by molar-refractivity contribution is 7.92. The average Bonchev–Trinajstić information content (AvgIpc) is 3.29. The highest BCUT2D eigenvalue weighted by atomic mass is 35.5. The molecule has 2 N–H and O–H groups in total. The van der Waals surface area contributed by atoms with Crippen LogP contribution in [0.3, 0.4) is 0 Å². The molecule has 12 heteroatoms. The summed E-state index contributed by atoms with van der Waals surface area (Å²) >= 11 is 1.48. The molecular formula is C23H24ClN5O4S2. The molecule has 9 nitrogen and oxygen atoms in total. The standard InChI is InChI=1S/C23H23N5O4S2.ClH/c1-14-5-6-16(11-15(14)2)19-13-33-23(25-19)24-17-7-9-18(10-8-17)34(29,30)28-20-12-21(31-3)27-22(26-20)32-4;/h5-13H,1-4H3,(H,24,25)(H,26,27,28);1H. The Hall–Kier alpha value is -3.41. The number of nitrogens with one attached hydrogen (secondary N) is 2. The third-order valence-corrected chi connectivity index (χ3v) is 7.16. The molecule has 35 heavy (non-hydrogen) atoms. The average molecular weight is 534 g/mol. The van der Waals surface area contributed by atoms with Gasteiger partial charge in [0.05, 0.1) is 24.8 Å². The molecule has 0 unspecified atom stereocenters. The molecule has 4 rings (SSSR count). The van der Waals surface area contributed by atoms with Gasteiger partial charge < -0.3 is 14.8 Å². The maximum Gasteiger partial charge on any atom is 0.321 e. The van der Waals surface area contributed by atoms with Gasteiger partial charge in [-0.15, -0.1) is 23.7 Å². The molecular weight excluding hydrogens is 510 g/mol. The minimum atomic E-state index is -3.88. The first-order valence-electron chi connectivity index (χ1n) is 10.2. The number of halogens is 1. The fourth-order valence-corrected chi connectivity index (χ4v) is 4.79. The van der Waals surface area contributed by atoms with E-state index in [4.69, 9.17) is 9.47 Å². The van der Waals surface area contributed by atoms with Gasteiger partial charge in [-0.1, -0.05) is 12.1 Å². The number of hydrogen-bond donors (Lipinski definition) is 2. The van der Waals surface area contributed by atoms with Crippen molar-refractivity contribution >= 4 is 50.4 Å². The van der Waals surface area contributed by atoms with Crippen molar-refractivity contribution in [2.24, 2.45) is 0 Å². The van der Waals surface area contributed by atoms with E-state index in [2.05, 4.69) is 57.0 Å². The second kappa shape index (κ2) is 10.9. The van der Waals surface area contributed by atoms with Crippen LogP contribution in [0.15, 0.2) is 58.8 Å². The largest absolute Gasteiger partial charge is 0.481 e. The topological polar surface area (TPSA) is 115 Å². The van der Waals surface area contributed by atoms with Crippen LogP contribution < -0.4 is 19.5 Å². The third kappa shape index (κ3) is 6.18. The highest BCUT2D eigenvalue weighted by Gasteiger charge is 2.17. The number of nitrogens with zero attached hydrogens (tertiary/aromatic N) is 3. The van der Waals surface area contributed by atoms with Gasteiger partial charge in [0.1, 0.15) is 0 Å². The summed E-state index contributed by atoms with van der Waals surface area (Å²) in [6, 6.07) is 13.9. The molecule has 0 spiro atoms. The Morgan fingerprint density at radius 3 is 2.29 bits per heavy atom. The zero-order chi connectivity index (χ0) is 24.3. The van der Waals surface area contributed by atoms with Crippen LogP contribution in [0.4, 0.5) is 16.6 Å². The first-order chi connectivity index (χ1) is 16.3. The molecule has 2 heterocycles. The number of ether oxygens (including phenoxy) is 2. The Morgan fingerprint density at radius 1 is 0.886 bits per heavy atom. The molecule has 0 amide bonds. The highest BCUT2D eigenvalue weighted by Crippen LogP contribution is 2.29. The van der Waals surface area contributed by atoms with Crippen LogP contribution in [0.2, 0.25) is 0 Å². The summed E-state index contributed by atoms with van der Waals surface area (Å²) in [5.41, 5.74) is 5.10. The smallest absolute Gasteiger partial charge is 0.321 e. The molecule has 0 fully saturated rings. The fraction of sp³-hybridized carbons (Fsp3) is 0.174. The minimum absolute atomic E-state index is 0. The van der Waals surface area contributed by atoms with Gasteiger partial charge >= 0.3 is 6.01 Å². The summed E-state index contributed by atoms with van der Waals surface area (Å²) in [4.78, 5) is 12.7. The lowest BCUT2D eigenvalue weighted by Gasteiger charge is -2.10. The Labute approximate surface area is 214 Å². The van der Waals surface area contributed by atoms with Gasteiger partial charge in [-0.25, -0.2) is 13.4 Å². The van der Waals surface area contributed by atoms with Crippen LogP contribution in [0.5, 0.6) is 11.9 Å². The van der Waals surface area contributed by atoms with Crippen LogP contribution in [0, 0.1) is 13.8 Å². The van der Waals surface area contributed by atoms with Gasteiger partial charge in [-0.05, 0) is 55.3 Å². The number of sulfonamides is 1. The Kier molecular flexibility index (Phi) is 8.15. The maximum absolute atomic E-state index is 12.8. The quantitative estimate of drug-likeness (QED) is 0.317. The second-order valence-corrected chi connectivity index (χ2v) is 9.91. The number of hydrogen-bond acceptors (Lipinski definition) is 9. The molecule has 184 valence electrons. The van der Waals surface area contributed by atoms with E-state index in [9.17, 15) is 8.42 Å². The van der Waals surface area contributed by atoms with E-state index in [1.807, 2.05) is 5.38 Å². The summed E-state index contributed by atoms with van der Waals surface area (Å²) in [5, 5.41) is 5.91. The summed E-state index contributed by atoms with van der Waals surface area (Å²) in [7, 11) is -1.09. The van der Waals surface area contributed by atoms with Crippen LogP contribution in [-0.2, 0) is 10.0 Å². The predicted octanol–water partition coefficient (Wildman–Crippen LogP) is 5.20. The van der Waals surface area contributed by atoms with Crippen molar-refractivity contribution in [2.45, 2.75) is 18.7 Å². The molecule has 0 saturated heterocycles. The van der Waals surface area contributed by atoms with Gasteiger partial charge in [0, 0.05) is 22.7 Å². The van der Waals surface area contributed by atoms with E-state index < -0.39 is 10.0 Å². The lowest BCUT2D eigenvalue weighted by molar-refractivity contribution is 0.353. The van der Waals surface area contributed by atoms with Crippen LogP contribution in [0.1, 0.15) is 11.1 Å². The van der Waals surface area contributed by atoms with E-state index >= 15 is 0 Å². The van der Waals surface area contributed by atoms with Gasteiger partial charge in [0.15, 0.2) is 10.9 Å². The van der Waals surface area contributed by atoms with Crippen molar-refractivity contribution in [1.82, 2.24) is 15.0 Å². The molecule has 0 aliphatic carbocycles. The van der Waals surface area contributed by atoms with E-state index in [0.29, 0.717) is 10.8 Å². The van der Waals surface area contributed by atoms with Crippen molar-refractivity contribution in [1.29, 1.82) is 0 Å². The van der Waals surface area contributed by atoms with Crippen molar-refractivity contribution in [3.63, 3.8) is 0 Å². The van der Waals surface area contributed by atoms with Crippen molar-refractivity contribution in [3.8, 4) is 23.1 Å². The van der Waals surface area contributed by atoms with Gasteiger partial charge in [-0.2, -0.15) is 9.97 Å². The Balaban J connectivity index is 0.00000342. The minimum Gasteiger partial charge on any atom is -0.481 e. The lowest BCUT2D eigenvalue weighted by atomic mass is 10.1. The van der Waals surface area contributed by atoms with Gasteiger partial charge in [-0.3, -0.25) is 4.72 Å². The predicted molar refractivity (Wildman–Crippen MR) is 140 cm³/mol. The Bertz CT molecular complexity index is 1400. The summed E-state index contributed by atoms with van der Waals surface area (Å²) in [6.45, 7) is 4.15. The molecule has 0 atom stereocenters. The molecule has 0 aliphatic heterocycles. The van der Waals surface area contributed by atoms with Crippen molar-refractivity contribution < 1.29 is 17.9 Å². The first kappa shape index (κ1) is 26.2. The molecule has 4 aromatic rings. The van der Waals surface area contributed by atoms with E-state index in [0.717, 1.165) is 11.3 Å². The first-order valence-corrected chi connectivity index (χ1v) is 12.5. The molecule has 2 aromatic heterocycles. The molecule has 0 aliphatic rings. The summed E-state index contributed by atoms with van der Waals surface area (Å²) < 4.78 is 38.0. The van der Waals surface area contributed by atoms with Gasteiger partial charge in [0.25, 0.3) is 10.0 Å². The molecule has 0 bridgehead atoms. The number of aromatic nitrogens is 3. The third-order valence-electron chi connectivity index (χ3n) is 5.04. The lowest BCUT2D eigenvalue weighted by Crippen LogP contribution is -2.14. The van der Waals surface area contributed by atoms with Crippen molar-refractivity contribution in [2.75, 3.05) is 24.3 Å². The van der Waals surface area contributed by atoms with Crippen LogP contribution >= 0.6 is 23.7 Å². The SMILES string of the molecule is COc1cc(NS(=O)(=O)c2ccc(Nc3nc(-c4ccc(C)c(C)c4)cs3)cc2)nc(OC)n1.Cl. The molecule has 0 saturated carbocycles. The van der Waals surface area contributed by atoms with Gasteiger partial charge in [0.2, 0.25) is 5.88 Å². The molecule has 0 radical (unpaired) electrons. The number of anilines is 3. The summed E-state index contributed by atoms with van der Waals surface area (Å²) in [6.07, 6.45) is 0. The molecule has 2 aromatic carbocycles. The fourth-order valence-electron chi connectivity index (χ4n) is 3.05. The number of methoxy groups -OCH3 is 2.